The summed E-state index contributed by atoms with van der Waals surface area (Å²) >= 11 is 0. The number of amides is 1. The van der Waals surface area contributed by atoms with Gasteiger partial charge in [0.25, 0.3) is 0 Å². The molecule has 1 saturated carbocycles. The minimum atomic E-state index is -0.273. The normalized spacial score (nSPS) is 15.3. The van der Waals surface area contributed by atoms with Crippen molar-refractivity contribution in [3.63, 3.8) is 0 Å². The molecule has 3 aromatic rings. The monoisotopic (exact) mass is 336 g/mol. The van der Waals surface area contributed by atoms with Crippen LogP contribution in [0.25, 0.3) is 10.9 Å². The molecule has 0 saturated heterocycles. The zero-order valence-electron chi connectivity index (χ0n) is 14.2. The van der Waals surface area contributed by atoms with Crippen molar-refractivity contribution in [2.45, 2.75) is 31.2 Å². The molecule has 3 nitrogen and oxygen atoms in total. The molecule has 1 amide bonds. The highest BCUT2D eigenvalue weighted by Gasteiger charge is 2.27. The number of rotatable bonds is 5. The lowest BCUT2D eigenvalue weighted by Crippen LogP contribution is -2.27. The summed E-state index contributed by atoms with van der Waals surface area (Å²) in [6.45, 7) is 0. The molecule has 1 N–H and O–H groups in total. The highest BCUT2D eigenvalue weighted by molar-refractivity contribution is 5.86. The number of hydrogen-bond donors (Lipinski definition) is 1. The fourth-order valence-electron chi connectivity index (χ4n) is 3.48. The van der Waals surface area contributed by atoms with Crippen molar-refractivity contribution < 1.29 is 9.18 Å². The van der Waals surface area contributed by atoms with E-state index in [1.807, 2.05) is 25.2 Å². The molecule has 0 bridgehead atoms. The molecule has 1 unspecified atom stereocenters. The van der Waals surface area contributed by atoms with E-state index in [1.54, 1.807) is 6.07 Å². The number of fused-ring (bicyclic) bond motifs is 1. The van der Waals surface area contributed by atoms with Gasteiger partial charge in [0.1, 0.15) is 5.82 Å². The maximum Gasteiger partial charge on any atom is 0.221 e. The lowest BCUT2D eigenvalue weighted by atomic mass is 9.88. The second-order valence-corrected chi connectivity index (χ2v) is 6.87. The topological polar surface area (TPSA) is 34.0 Å². The Morgan fingerprint density at radius 2 is 2.04 bits per heavy atom. The average Bonchev–Trinajstić information content (AvgIpc) is 3.35. The van der Waals surface area contributed by atoms with Gasteiger partial charge in [-0.25, -0.2) is 4.39 Å². The molecular weight excluding hydrogens is 315 g/mol. The van der Waals surface area contributed by atoms with Gasteiger partial charge in [0.05, 0.1) is 0 Å². The van der Waals surface area contributed by atoms with Gasteiger partial charge in [-0.05, 0) is 42.2 Å². The molecule has 1 aliphatic carbocycles. The van der Waals surface area contributed by atoms with Crippen molar-refractivity contribution in [3.05, 3.63) is 71.7 Å². The van der Waals surface area contributed by atoms with E-state index in [9.17, 15) is 9.18 Å². The Kier molecular flexibility index (Phi) is 4.04. The van der Waals surface area contributed by atoms with E-state index >= 15 is 0 Å². The number of aromatic nitrogens is 1. The highest BCUT2D eigenvalue weighted by Crippen LogP contribution is 2.35. The smallest absolute Gasteiger partial charge is 0.221 e. The van der Waals surface area contributed by atoms with Gasteiger partial charge in [0.2, 0.25) is 5.91 Å². The number of para-hydroxylation sites is 1. The SMILES string of the molecule is Cn1cc(C(CC(=O)NC2CC2)c2cccc(F)c2)c2ccccc21. The molecular formula is C21H21FN2O. The van der Waals surface area contributed by atoms with Gasteiger partial charge in [-0.3, -0.25) is 4.79 Å². The first kappa shape index (κ1) is 15.9. The molecule has 4 heteroatoms. The molecule has 0 spiro atoms. The second kappa shape index (κ2) is 6.36. The zero-order valence-corrected chi connectivity index (χ0v) is 14.2. The Labute approximate surface area is 146 Å². The van der Waals surface area contributed by atoms with Crippen LogP contribution in [0, 0.1) is 5.82 Å². The third-order valence-electron chi connectivity index (χ3n) is 4.89. The first-order valence-corrected chi connectivity index (χ1v) is 8.70. The summed E-state index contributed by atoms with van der Waals surface area (Å²) in [4.78, 5) is 12.5. The molecule has 0 radical (unpaired) electrons. The maximum atomic E-state index is 13.8. The van der Waals surface area contributed by atoms with Crippen molar-refractivity contribution in [1.82, 2.24) is 9.88 Å². The van der Waals surface area contributed by atoms with Gasteiger partial charge < -0.3 is 9.88 Å². The second-order valence-electron chi connectivity index (χ2n) is 6.87. The van der Waals surface area contributed by atoms with Crippen LogP contribution < -0.4 is 5.32 Å². The van der Waals surface area contributed by atoms with Crippen molar-refractivity contribution in [2.24, 2.45) is 7.05 Å². The molecule has 2 aromatic carbocycles. The molecule has 1 fully saturated rings. The Balaban J connectivity index is 1.76. The quantitative estimate of drug-likeness (QED) is 0.747. The van der Waals surface area contributed by atoms with Gasteiger partial charge >= 0.3 is 0 Å². The van der Waals surface area contributed by atoms with E-state index in [0.717, 1.165) is 34.9 Å². The number of carbonyl (C=O) groups is 1. The van der Waals surface area contributed by atoms with E-state index in [0.29, 0.717) is 12.5 Å². The van der Waals surface area contributed by atoms with Crippen LogP contribution in [0.1, 0.15) is 36.3 Å². The summed E-state index contributed by atoms with van der Waals surface area (Å²) in [5.41, 5.74) is 3.01. The van der Waals surface area contributed by atoms with Gasteiger partial charge in [0, 0.05) is 42.5 Å². The fraction of sp³-hybridized carbons (Fsp3) is 0.286. The van der Waals surface area contributed by atoms with Crippen LogP contribution in [0.3, 0.4) is 0 Å². The Bertz CT molecular complexity index is 927. The summed E-state index contributed by atoms with van der Waals surface area (Å²) in [5, 5.41) is 4.16. The van der Waals surface area contributed by atoms with Gasteiger partial charge in [0.15, 0.2) is 0 Å². The summed E-state index contributed by atoms with van der Waals surface area (Å²) < 4.78 is 15.9. The van der Waals surface area contributed by atoms with E-state index < -0.39 is 0 Å². The van der Waals surface area contributed by atoms with Crippen LogP contribution in [0.5, 0.6) is 0 Å². The molecule has 1 heterocycles. The molecule has 25 heavy (non-hydrogen) atoms. The predicted molar refractivity (Wildman–Crippen MR) is 96.9 cm³/mol. The third kappa shape index (κ3) is 3.29. The number of nitrogens with zero attached hydrogens (tertiary/aromatic N) is 1. The van der Waals surface area contributed by atoms with Crippen LogP contribution in [-0.4, -0.2) is 16.5 Å². The van der Waals surface area contributed by atoms with Gasteiger partial charge in [-0.15, -0.1) is 0 Å². The third-order valence-corrected chi connectivity index (χ3v) is 4.89. The first-order chi connectivity index (χ1) is 12.1. The van der Waals surface area contributed by atoms with Gasteiger partial charge in [-0.2, -0.15) is 0 Å². The van der Waals surface area contributed by atoms with Crippen molar-refractivity contribution in [1.29, 1.82) is 0 Å². The van der Waals surface area contributed by atoms with E-state index in [4.69, 9.17) is 0 Å². The Morgan fingerprint density at radius 1 is 1.24 bits per heavy atom. The molecule has 4 rings (SSSR count). The minimum Gasteiger partial charge on any atom is -0.353 e. The van der Waals surface area contributed by atoms with Crippen LogP contribution >= 0.6 is 0 Å². The molecule has 1 aliphatic rings. The predicted octanol–water partition coefficient (Wildman–Crippen LogP) is 4.12. The highest BCUT2D eigenvalue weighted by atomic mass is 19.1. The fourth-order valence-corrected chi connectivity index (χ4v) is 3.48. The van der Waals surface area contributed by atoms with Crippen LogP contribution in [0.4, 0.5) is 4.39 Å². The number of carbonyl (C=O) groups excluding carboxylic acids is 1. The lowest BCUT2D eigenvalue weighted by Gasteiger charge is -2.17. The van der Waals surface area contributed by atoms with Crippen molar-refractivity contribution >= 4 is 16.8 Å². The number of benzene rings is 2. The molecule has 128 valence electrons. The number of halogens is 1. The van der Waals surface area contributed by atoms with Crippen molar-refractivity contribution in [3.8, 4) is 0 Å². The number of aryl methyl sites for hydroxylation is 1. The average molecular weight is 336 g/mol. The number of hydrogen-bond acceptors (Lipinski definition) is 1. The Morgan fingerprint density at radius 3 is 2.80 bits per heavy atom. The summed E-state index contributed by atoms with van der Waals surface area (Å²) in [6, 6.07) is 15.0. The first-order valence-electron chi connectivity index (χ1n) is 8.70. The Hall–Kier alpha value is -2.62. The van der Waals surface area contributed by atoms with E-state index in [-0.39, 0.29) is 17.6 Å². The largest absolute Gasteiger partial charge is 0.353 e. The standard InChI is InChI=1S/C21H21FN2O/c1-24-13-19(17-7-2-3-8-20(17)24)18(12-21(25)23-16-9-10-16)14-5-4-6-15(22)11-14/h2-8,11,13,16,18H,9-10,12H2,1H3,(H,23,25). The zero-order chi connectivity index (χ0) is 17.4. The lowest BCUT2D eigenvalue weighted by molar-refractivity contribution is -0.121. The van der Waals surface area contributed by atoms with Gasteiger partial charge in [-0.1, -0.05) is 30.3 Å². The maximum absolute atomic E-state index is 13.8. The van der Waals surface area contributed by atoms with E-state index in [2.05, 4.69) is 28.2 Å². The molecule has 0 aliphatic heterocycles. The minimum absolute atomic E-state index is 0.0321. The summed E-state index contributed by atoms with van der Waals surface area (Å²) in [5.74, 6) is -0.407. The van der Waals surface area contributed by atoms with Crippen molar-refractivity contribution in [2.75, 3.05) is 0 Å². The van der Waals surface area contributed by atoms with Crippen LogP contribution in [-0.2, 0) is 11.8 Å². The number of nitrogens with one attached hydrogen (secondary N) is 1. The van der Waals surface area contributed by atoms with Crippen LogP contribution in [0.2, 0.25) is 0 Å². The van der Waals surface area contributed by atoms with E-state index in [1.165, 1.54) is 12.1 Å². The summed E-state index contributed by atoms with van der Waals surface area (Å²) in [6.07, 6.45) is 4.51. The van der Waals surface area contributed by atoms with Crippen LogP contribution in [0.15, 0.2) is 54.7 Å². The molecule has 1 aromatic heterocycles. The summed E-state index contributed by atoms with van der Waals surface area (Å²) in [7, 11) is 2.00. The molecule has 1 atom stereocenters.